The van der Waals surface area contributed by atoms with Crippen molar-refractivity contribution in [3.8, 4) is 0 Å². The van der Waals surface area contributed by atoms with E-state index in [0.717, 1.165) is 38.0 Å². The van der Waals surface area contributed by atoms with E-state index in [2.05, 4.69) is 10.3 Å². The minimum atomic E-state index is 0.0434. The minimum absolute atomic E-state index is 0.0434. The lowest BCUT2D eigenvalue weighted by atomic mass is 10.1. The molecule has 4 rings (SSSR count). The van der Waals surface area contributed by atoms with E-state index >= 15 is 0 Å². The van der Waals surface area contributed by atoms with E-state index < -0.39 is 0 Å². The predicted octanol–water partition coefficient (Wildman–Crippen LogP) is 1.71. The number of nitrogens with zero attached hydrogens (tertiary/aromatic N) is 5. The fourth-order valence-corrected chi connectivity index (χ4v) is 3.71. The summed E-state index contributed by atoms with van der Waals surface area (Å²) in [4.78, 5) is 28.4. The molecule has 7 nitrogen and oxygen atoms in total. The Labute approximate surface area is 146 Å². The van der Waals surface area contributed by atoms with Gasteiger partial charge in [0.05, 0.1) is 18.8 Å². The highest BCUT2D eigenvalue weighted by Crippen LogP contribution is 2.24. The summed E-state index contributed by atoms with van der Waals surface area (Å²) in [5.41, 5.74) is 1.54. The van der Waals surface area contributed by atoms with Crippen molar-refractivity contribution in [1.82, 2.24) is 19.9 Å². The van der Waals surface area contributed by atoms with Gasteiger partial charge in [-0.3, -0.25) is 14.3 Å². The number of carbonyl (C=O) groups excluding carboxylic acids is 2. The molecule has 2 fully saturated rings. The van der Waals surface area contributed by atoms with Gasteiger partial charge in [0.15, 0.2) is 0 Å². The van der Waals surface area contributed by atoms with Gasteiger partial charge in [-0.25, -0.2) is 0 Å². The van der Waals surface area contributed by atoms with Crippen LogP contribution >= 0.6 is 0 Å². The van der Waals surface area contributed by atoms with Crippen molar-refractivity contribution in [1.29, 1.82) is 0 Å². The van der Waals surface area contributed by atoms with Crippen LogP contribution in [0.15, 0.2) is 36.7 Å². The quantitative estimate of drug-likeness (QED) is 0.850. The van der Waals surface area contributed by atoms with Gasteiger partial charge in [0.25, 0.3) is 5.91 Å². The van der Waals surface area contributed by atoms with Crippen molar-refractivity contribution in [2.45, 2.75) is 38.3 Å². The van der Waals surface area contributed by atoms with Gasteiger partial charge in [-0.1, -0.05) is 5.21 Å². The second-order valence-electron chi connectivity index (χ2n) is 6.62. The third-order valence-electron chi connectivity index (χ3n) is 5.01. The molecule has 0 saturated carbocycles. The Morgan fingerprint density at radius 2 is 2.00 bits per heavy atom. The second-order valence-corrected chi connectivity index (χ2v) is 6.62. The summed E-state index contributed by atoms with van der Waals surface area (Å²) >= 11 is 0. The molecule has 2 amide bonds. The molecule has 0 aliphatic carbocycles. The predicted molar refractivity (Wildman–Crippen MR) is 92.1 cm³/mol. The molecule has 1 atom stereocenters. The monoisotopic (exact) mass is 339 g/mol. The molecule has 0 bridgehead atoms. The summed E-state index contributed by atoms with van der Waals surface area (Å²) in [6.07, 6.45) is 6.97. The third-order valence-corrected chi connectivity index (χ3v) is 5.01. The summed E-state index contributed by atoms with van der Waals surface area (Å²) in [7, 11) is 0. The summed E-state index contributed by atoms with van der Waals surface area (Å²) in [5.74, 6) is 0.202. The van der Waals surface area contributed by atoms with Crippen LogP contribution in [0.5, 0.6) is 0 Å². The van der Waals surface area contributed by atoms with Crippen LogP contribution in [-0.2, 0) is 11.3 Å². The van der Waals surface area contributed by atoms with Crippen LogP contribution in [0, 0.1) is 0 Å². The van der Waals surface area contributed by atoms with E-state index in [1.165, 1.54) is 0 Å². The van der Waals surface area contributed by atoms with Crippen LogP contribution in [0.2, 0.25) is 0 Å². The Balaban J connectivity index is 1.47. The Hall–Kier alpha value is -2.70. The molecule has 25 heavy (non-hydrogen) atoms. The average molecular weight is 339 g/mol. The van der Waals surface area contributed by atoms with Crippen LogP contribution in [0.4, 0.5) is 5.69 Å². The van der Waals surface area contributed by atoms with Crippen molar-refractivity contribution < 1.29 is 9.59 Å². The van der Waals surface area contributed by atoms with Gasteiger partial charge < -0.3 is 9.80 Å². The smallest absolute Gasteiger partial charge is 0.254 e. The number of amides is 2. The molecule has 1 aromatic heterocycles. The summed E-state index contributed by atoms with van der Waals surface area (Å²) in [5, 5.41) is 7.82. The van der Waals surface area contributed by atoms with Gasteiger partial charge in [-0.15, -0.1) is 5.10 Å². The van der Waals surface area contributed by atoms with Crippen molar-refractivity contribution >= 4 is 17.5 Å². The zero-order valence-electron chi connectivity index (χ0n) is 14.0. The first-order chi connectivity index (χ1) is 12.2. The molecule has 3 heterocycles. The normalized spacial score (nSPS) is 20.5. The van der Waals surface area contributed by atoms with Gasteiger partial charge >= 0.3 is 0 Å². The van der Waals surface area contributed by atoms with Crippen LogP contribution < -0.4 is 4.90 Å². The molecule has 0 radical (unpaired) electrons. The lowest BCUT2D eigenvalue weighted by Gasteiger charge is -2.25. The van der Waals surface area contributed by atoms with Crippen LogP contribution in [-0.4, -0.2) is 50.8 Å². The molecular weight excluding hydrogens is 318 g/mol. The van der Waals surface area contributed by atoms with E-state index in [-0.39, 0.29) is 17.9 Å². The van der Waals surface area contributed by atoms with Gasteiger partial charge in [-0.05, 0) is 43.5 Å². The molecular formula is C18H21N5O2. The SMILES string of the molecule is O=C1CCCN1c1ccc(C(=O)N2CCC[C@H]2Cn2ccnn2)cc1. The Morgan fingerprint density at radius 1 is 1.16 bits per heavy atom. The Morgan fingerprint density at radius 3 is 2.68 bits per heavy atom. The van der Waals surface area contributed by atoms with Gasteiger partial charge in [0.1, 0.15) is 0 Å². The van der Waals surface area contributed by atoms with Crippen LogP contribution in [0.3, 0.4) is 0 Å². The second kappa shape index (κ2) is 6.66. The first-order valence-electron chi connectivity index (χ1n) is 8.78. The lowest BCUT2D eigenvalue weighted by molar-refractivity contribution is -0.117. The number of benzene rings is 1. The summed E-state index contributed by atoms with van der Waals surface area (Å²) in [6.45, 7) is 2.20. The van der Waals surface area contributed by atoms with Gasteiger partial charge in [-0.2, -0.15) is 0 Å². The number of hydrogen-bond donors (Lipinski definition) is 0. The van der Waals surface area contributed by atoms with Gasteiger partial charge in [0, 0.05) is 37.0 Å². The van der Waals surface area contributed by atoms with Gasteiger partial charge in [0.2, 0.25) is 5.91 Å². The lowest BCUT2D eigenvalue weighted by Crippen LogP contribution is -2.38. The van der Waals surface area contributed by atoms with Crippen LogP contribution in [0.1, 0.15) is 36.0 Å². The highest BCUT2D eigenvalue weighted by molar-refractivity contribution is 5.97. The van der Waals surface area contributed by atoms with E-state index in [4.69, 9.17) is 0 Å². The van der Waals surface area contributed by atoms with E-state index in [1.54, 1.807) is 15.8 Å². The standard InChI is InChI=1S/C18H21N5O2/c24-17-4-2-10-22(17)15-7-5-14(6-8-15)18(25)23-11-1-3-16(23)13-21-12-9-19-20-21/h5-9,12,16H,1-4,10-11,13H2/t16-/m0/s1. The maximum absolute atomic E-state index is 12.9. The summed E-state index contributed by atoms with van der Waals surface area (Å²) in [6, 6.07) is 7.55. The number of hydrogen-bond acceptors (Lipinski definition) is 4. The number of anilines is 1. The maximum atomic E-state index is 12.9. The number of rotatable bonds is 4. The molecule has 7 heteroatoms. The Bertz CT molecular complexity index is 756. The molecule has 0 spiro atoms. The number of carbonyl (C=O) groups is 2. The van der Waals surface area contributed by atoms with Crippen molar-refractivity contribution in [2.24, 2.45) is 0 Å². The minimum Gasteiger partial charge on any atom is -0.334 e. The highest BCUT2D eigenvalue weighted by atomic mass is 16.2. The molecule has 2 saturated heterocycles. The van der Waals surface area contributed by atoms with Crippen molar-refractivity contribution in [3.63, 3.8) is 0 Å². The Kier molecular flexibility index (Phi) is 4.21. The fourth-order valence-electron chi connectivity index (χ4n) is 3.71. The first kappa shape index (κ1) is 15.8. The average Bonchev–Trinajstić information content (AvgIpc) is 3.37. The largest absolute Gasteiger partial charge is 0.334 e. The molecule has 2 aromatic rings. The highest BCUT2D eigenvalue weighted by Gasteiger charge is 2.30. The fraction of sp³-hybridized carbons (Fsp3) is 0.444. The number of likely N-dealkylation sites (tertiary alicyclic amines) is 1. The zero-order valence-corrected chi connectivity index (χ0v) is 14.0. The molecule has 2 aliphatic heterocycles. The number of aromatic nitrogens is 3. The summed E-state index contributed by atoms with van der Waals surface area (Å²) < 4.78 is 1.78. The molecule has 0 unspecified atom stereocenters. The zero-order chi connectivity index (χ0) is 17.2. The van der Waals surface area contributed by atoms with E-state index in [1.807, 2.05) is 35.4 Å². The molecule has 130 valence electrons. The molecule has 1 aromatic carbocycles. The van der Waals surface area contributed by atoms with E-state index in [0.29, 0.717) is 18.5 Å². The van der Waals surface area contributed by atoms with Crippen LogP contribution in [0.25, 0.3) is 0 Å². The first-order valence-corrected chi connectivity index (χ1v) is 8.78. The molecule has 2 aliphatic rings. The third kappa shape index (κ3) is 3.14. The van der Waals surface area contributed by atoms with Crippen molar-refractivity contribution in [2.75, 3.05) is 18.0 Å². The van der Waals surface area contributed by atoms with E-state index in [9.17, 15) is 9.59 Å². The maximum Gasteiger partial charge on any atom is 0.254 e. The van der Waals surface area contributed by atoms with Crippen molar-refractivity contribution in [3.05, 3.63) is 42.2 Å². The topological polar surface area (TPSA) is 71.3 Å². The molecule has 0 N–H and O–H groups in total.